The third-order valence-electron chi connectivity index (χ3n) is 2.16. The van der Waals surface area contributed by atoms with E-state index in [0.717, 1.165) is 0 Å². The molecule has 0 saturated carbocycles. The van der Waals surface area contributed by atoms with E-state index in [1.165, 1.54) is 7.11 Å². The number of ether oxygens (including phenoxy) is 1. The lowest BCUT2D eigenvalue weighted by atomic mass is 10.3. The lowest BCUT2D eigenvalue weighted by molar-refractivity contribution is 0.252. The van der Waals surface area contributed by atoms with Gasteiger partial charge in [0.05, 0.1) is 12.8 Å². The molecule has 3 N–H and O–H groups in total. The van der Waals surface area contributed by atoms with Gasteiger partial charge in [0, 0.05) is 4.90 Å². The number of nitrogens with one attached hydrogen (secondary N) is 1. The van der Waals surface area contributed by atoms with Gasteiger partial charge in [-0.15, -0.1) is 0 Å². The Morgan fingerprint density at radius 1 is 1.25 bits per heavy atom. The van der Waals surface area contributed by atoms with Crippen LogP contribution >= 0.6 is 11.8 Å². The Morgan fingerprint density at radius 2 is 2.00 bits per heavy atom. The predicted octanol–water partition coefficient (Wildman–Crippen LogP) is 2.52. The molecule has 2 rings (SSSR count). The van der Waals surface area contributed by atoms with Crippen LogP contribution < -0.4 is 15.8 Å². The number of anilines is 3. The number of rotatable bonds is 5. The highest BCUT2D eigenvalue weighted by Crippen LogP contribution is 2.32. The molecule has 0 aliphatic heterocycles. The van der Waals surface area contributed by atoms with Crippen molar-refractivity contribution in [2.45, 2.75) is 10.7 Å². The minimum atomic E-state index is -2.52. The zero-order chi connectivity index (χ0) is 14.5. The monoisotopic (exact) mass is 299 g/mol. The summed E-state index contributed by atoms with van der Waals surface area (Å²) in [7, 11) is 1.39. The summed E-state index contributed by atoms with van der Waals surface area (Å²) in [5.41, 5.74) is 5.95. The number of benzene rings is 1. The van der Waals surface area contributed by atoms with E-state index in [9.17, 15) is 8.78 Å². The molecule has 6 nitrogen and oxygen atoms in total. The van der Waals surface area contributed by atoms with E-state index in [1.54, 1.807) is 24.3 Å². The van der Waals surface area contributed by atoms with E-state index in [0.29, 0.717) is 22.3 Å². The molecule has 0 fully saturated rings. The molecule has 0 atom stereocenters. The van der Waals surface area contributed by atoms with Crippen molar-refractivity contribution in [1.82, 2.24) is 15.0 Å². The van der Waals surface area contributed by atoms with Gasteiger partial charge in [-0.3, -0.25) is 0 Å². The van der Waals surface area contributed by atoms with Crippen LogP contribution in [0.5, 0.6) is 6.01 Å². The van der Waals surface area contributed by atoms with Crippen LogP contribution in [0.3, 0.4) is 0 Å². The van der Waals surface area contributed by atoms with Crippen LogP contribution in [0.4, 0.5) is 26.4 Å². The minimum Gasteiger partial charge on any atom is -0.467 e. The fourth-order valence-corrected chi connectivity index (χ4v) is 2.00. The topological polar surface area (TPSA) is 86.0 Å². The smallest absolute Gasteiger partial charge is 0.322 e. The Kier molecular flexibility index (Phi) is 4.51. The minimum absolute atomic E-state index is 0.0293. The largest absolute Gasteiger partial charge is 0.467 e. The average Bonchev–Trinajstić information content (AvgIpc) is 2.39. The highest BCUT2D eigenvalue weighted by molar-refractivity contribution is 7.99. The van der Waals surface area contributed by atoms with Gasteiger partial charge in [-0.05, 0) is 12.1 Å². The molecule has 0 bridgehead atoms. The first kappa shape index (κ1) is 14.3. The molecule has 0 radical (unpaired) electrons. The molecule has 1 aromatic carbocycles. The standard InChI is InChI=1S/C11H11F2N5OS/c1-19-11-17-9(14)16-10(18-11)15-6-4-2-3-5-7(6)20-8(12)13/h2-5,8H,1H3,(H3,14,15,16,17,18). The number of hydrogen-bond donors (Lipinski definition) is 2. The summed E-state index contributed by atoms with van der Waals surface area (Å²) in [6.07, 6.45) is 0. The average molecular weight is 299 g/mol. The normalized spacial score (nSPS) is 10.6. The summed E-state index contributed by atoms with van der Waals surface area (Å²) in [4.78, 5) is 11.9. The lowest BCUT2D eigenvalue weighted by Crippen LogP contribution is -2.05. The van der Waals surface area contributed by atoms with Gasteiger partial charge >= 0.3 is 6.01 Å². The van der Waals surface area contributed by atoms with Crippen LogP contribution in [0.25, 0.3) is 0 Å². The Hall–Kier alpha value is -2.16. The van der Waals surface area contributed by atoms with Crippen molar-refractivity contribution in [2.24, 2.45) is 0 Å². The summed E-state index contributed by atoms with van der Waals surface area (Å²) in [5, 5.41) is 2.82. The van der Waals surface area contributed by atoms with E-state index < -0.39 is 5.76 Å². The number of halogens is 2. The number of nitrogen functional groups attached to an aromatic ring is 1. The molecule has 0 aliphatic carbocycles. The molecule has 9 heteroatoms. The van der Waals surface area contributed by atoms with E-state index in [4.69, 9.17) is 10.5 Å². The first-order chi connectivity index (χ1) is 9.58. The molecule has 1 heterocycles. The van der Waals surface area contributed by atoms with Crippen LogP contribution in [0, 0.1) is 0 Å². The van der Waals surface area contributed by atoms with Crippen molar-refractivity contribution < 1.29 is 13.5 Å². The second-order valence-electron chi connectivity index (χ2n) is 3.50. The highest BCUT2D eigenvalue weighted by atomic mass is 32.2. The van der Waals surface area contributed by atoms with Gasteiger partial charge in [0.25, 0.3) is 5.76 Å². The van der Waals surface area contributed by atoms with Crippen LogP contribution in [0.2, 0.25) is 0 Å². The molecule has 0 saturated heterocycles. The molecule has 2 aromatic rings. The molecule has 0 spiro atoms. The third-order valence-corrected chi connectivity index (χ3v) is 2.95. The van der Waals surface area contributed by atoms with Crippen molar-refractivity contribution in [2.75, 3.05) is 18.2 Å². The number of hydrogen-bond acceptors (Lipinski definition) is 7. The van der Waals surface area contributed by atoms with Crippen LogP contribution in [0.1, 0.15) is 0 Å². The Balaban J connectivity index is 2.27. The number of thioether (sulfide) groups is 1. The van der Waals surface area contributed by atoms with Gasteiger partial charge in [-0.1, -0.05) is 23.9 Å². The number of nitrogens with two attached hydrogens (primary N) is 1. The van der Waals surface area contributed by atoms with Crippen LogP contribution in [0.15, 0.2) is 29.2 Å². The van der Waals surface area contributed by atoms with Gasteiger partial charge in [0.15, 0.2) is 0 Å². The maximum Gasteiger partial charge on any atom is 0.322 e. The van der Waals surface area contributed by atoms with Crippen molar-refractivity contribution in [1.29, 1.82) is 0 Å². The van der Waals surface area contributed by atoms with Gasteiger partial charge in [0.2, 0.25) is 11.9 Å². The summed E-state index contributed by atoms with van der Waals surface area (Å²) >= 11 is 0.429. The summed E-state index contributed by atoms with van der Waals surface area (Å²) in [6, 6.07) is 6.62. The molecular weight excluding hydrogens is 288 g/mol. The fraction of sp³-hybridized carbons (Fsp3) is 0.182. The highest BCUT2D eigenvalue weighted by Gasteiger charge is 2.11. The quantitative estimate of drug-likeness (QED) is 0.820. The maximum absolute atomic E-state index is 12.5. The van der Waals surface area contributed by atoms with E-state index in [2.05, 4.69) is 20.3 Å². The molecule has 0 amide bonds. The molecule has 1 aromatic heterocycles. The third kappa shape index (κ3) is 3.67. The number of methoxy groups -OCH3 is 1. The van der Waals surface area contributed by atoms with Gasteiger partial charge in [-0.25, -0.2) is 0 Å². The Morgan fingerprint density at radius 3 is 2.70 bits per heavy atom. The van der Waals surface area contributed by atoms with Gasteiger partial charge in [0.1, 0.15) is 0 Å². The summed E-state index contributed by atoms with van der Waals surface area (Å²) in [5.74, 6) is -2.43. The predicted molar refractivity (Wildman–Crippen MR) is 72.4 cm³/mol. The van der Waals surface area contributed by atoms with Gasteiger partial charge in [-0.2, -0.15) is 23.7 Å². The first-order valence-corrected chi connectivity index (χ1v) is 6.33. The van der Waals surface area contributed by atoms with Crippen molar-refractivity contribution in [3.8, 4) is 6.01 Å². The number of para-hydroxylation sites is 1. The number of aromatic nitrogens is 3. The second-order valence-corrected chi connectivity index (χ2v) is 4.54. The zero-order valence-electron chi connectivity index (χ0n) is 10.4. The second kappa shape index (κ2) is 6.33. The summed E-state index contributed by atoms with van der Waals surface area (Å²) in [6.45, 7) is 0. The Bertz CT molecular complexity index is 599. The van der Waals surface area contributed by atoms with E-state index in [1.807, 2.05) is 0 Å². The van der Waals surface area contributed by atoms with E-state index in [-0.39, 0.29) is 17.9 Å². The zero-order valence-corrected chi connectivity index (χ0v) is 11.2. The summed E-state index contributed by atoms with van der Waals surface area (Å²) < 4.78 is 29.8. The van der Waals surface area contributed by atoms with Crippen LogP contribution in [-0.2, 0) is 0 Å². The number of nitrogens with zero attached hydrogens (tertiary/aromatic N) is 3. The number of alkyl halides is 2. The fourth-order valence-electron chi connectivity index (χ4n) is 1.41. The van der Waals surface area contributed by atoms with Crippen molar-refractivity contribution in [3.05, 3.63) is 24.3 Å². The Labute approximate surface area is 117 Å². The first-order valence-electron chi connectivity index (χ1n) is 5.45. The van der Waals surface area contributed by atoms with Crippen molar-refractivity contribution in [3.63, 3.8) is 0 Å². The molecule has 106 valence electrons. The molecular formula is C11H11F2N5OS. The maximum atomic E-state index is 12.5. The molecule has 20 heavy (non-hydrogen) atoms. The lowest BCUT2D eigenvalue weighted by Gasteiger charge is -2.10. The van der Waals surface area contributed by atoms with Crippen molar-refractivity contribution >= 4 is 29.3 Å². The molecule has 0 unspecified atom stereocenters. The van der Waals surface area contributed by atoms with Crippen LogP contribution in [-0.4, -0.2) is 27.8 Å². The SMILES string of the molecule is COc1nc(N)nc(Nc2ccccc2SC(F)F)n1. The van der Waals surface area contributed by atoms with Gasteiger partial charge < -0.3 is 15.8 Å². The van der Waals surface area contributed by atoms with E-state index >= 15 is 0 Å². The molecule has 0 aliphatic rings.